The van der Waals surface area contributed by atoms with Gasteiger partial charge in [-0.3, -0.25) is 0 Å². The van der Waals surface area contributed by atoms with Crippen molar-refractivity contribution in [1.82, 2.24) is 0 Å². The molecule has 0 bridgehead atoms. The normalized spacial score (nSPS) is 30.3. The molecule has 0 aromatic heterocycles. The smallest absolute Gasteiger partial charge is 0.190 e. The molecule has 2 heterocycles. The average Bonchev–Trinajstić information content (AvgIpc) is 3.05. The van der Waals surface area contributed by atoms with E-state index in [2.05, 4.69) is 10.0 Å². The first-order chi connectivity index (χ1) is 12.1. The highest BCUT2D eigenvalue weighted by Gasteiger charge is 2.54. The Hall–Kier alpha value is -1.89. The second-order valence-electron chi connectivity index (χ2n) is 6.50. The van der Waals surface area contributed by atoms with Gasteiger partial charge in [-0.15, -0.1) is 0 Å². The lowest BCUT2D eigenvalue weighted by Crippen LogP contribution is -2.36. The van der Waals surface area contributed by atoms with Gasteiger partial charge in [0.05, 0.1) is 6.61 Å². The second kappa shape index (κ2) is 7.99. The molecule has 4 atom stereocenters. The fourth-order valence-corrected chi connectivity index (χ4v) is 3.02. The highest BCUT2D eigenvalue weighted by molar-refractivity contribution is 5.14. The van der Waals surface area contributed by atoms with Crippen molar-refractivity contribution in [2.24, 2.45) is 5.11 Å². The molecule has 0 saturated carbocycles. The van der Waals surface area contributed by atoms with Crippen LogP contribution in [0.3, 0.4) is 0 Å². The van der Waals surface area contributed by atoms with Crippen molar-refractivity contribution in [1.29, 1.82) is 0 Å². The summed E-state index contributed by atoms with van der Waals surface area (Å²) in [5.41, 5.74) is 9.40. The fourth-order valence-electron chi connectivity index (χ4n) is 3.02. The standard InChI is InChI=1S/C18H23N3O4/c1-18(2)24-16-15(22-12-13-8-4-3-5-9-13)14(23-17(16)25-18)10-6-7-11-20-21-19/h3-6,8-10,14-17H,7,11-12H2,1-2H3/b10-6+/t14-,15+,16-,17-/m1/s1. The molecule has 2 fully saturated rings. The Morgan fingerprint density at radius 1 is 1.28 bits per heavy atom. The highest BCUT2D eigenvalue weighted by atomic mass is 16.8. The van der Waals surface area contributed by atoms with Crippen molar-refractivity contribution in [3.63, 3.8) is 0 Å². The summed E-state index contributed by atoms with van der Waals surface area (Å²) in [6, 6.07) is 9.99. The number of nitrogens with zero attached hydrogens (tertiary/aromatic N) is 3. The van der Waals surface area contributed by atoms with Gasteiger partial charge >= 0.3 is 0 Å². The number of fused-ring (bicyclic) bond motifs is 1. The zero-order valence-electron chi connectivity index (χ0n) is 14.4. The van der Waals surface area contributed by atoms with Crippen molar-refractivity contribution in [3.8, 4) is 0 Å². The van der Waals surface area contributed by atoms with E-state index in [9.17, 15) is 0 Å². The van der Waals surface area contributed by atoms with E-state index in [0.717, 1.165) is 5.56 Å². The van der Waals surface area contributed by atoms with E-state index >= 15 is 0 Å². The molecular weight excluding hydrogens is 322 g/mol. The maximum absolute atomic E-state index is 8.31. The third kappa shape index (κ3) is 4.60. The van der Waals surface area contributed by atoms with E-state index in [1.165, 1.54) is 0 Å². The number of azide groups is 1. The third-order valence-electron chi connectivity index (χ3n) is 4.10. The molecule has 0 aliphatic carbocycles. The molecule has 0 spiro atoms. The molecule has 134 valence electrons. The van der Waals surface area contributed by atoms with E-state index in [4.69, 9.17) is 24.5 Å². The lowest BCUT2D eigenvalue weighted by Gasteiger charge is -2.24. The Morgan fingerprint density at radius 3 is 2.84 bits per heavy atom. The first-order valence-corrected chi connectivity index (χ1v) is 8.43. The van der Waals surface area contributed by atoms with Crippen molar-refractivity contribution in [2.45, 2.75) is 57.3 Å². The summed E-state index contributed by atoms with van der Waals surface area (Å²) in [6.45, 7) is 4.63. The van der Waals surface area contributed by atoms with E-state index in [1.807, 2.05) is 56.3 Å². The van der Waals surface area contributed by atoms with Crippen LogP contribution < -0.4 is 0 Å². The first-order valence-electron chi connectivity index (χ1n) is 8.43. The van der Waals surface area contributed by atoms with Crippen LogP contribution in [0.2, 0.25) is 0 Å². The largest absolute Gasteiger partial charge is 0.368 e. The Balaban J connectivity index is 1.65. The molecule has 1 aromatic rings. The molecule has 7 nitrogen and oxygen atoms in total. The maximum atomic E-state index is 8.31. The van der Waals surface area contributed by atoms with Gasteiger partial charge < -0.3 is 18.9 Å². The lowest BCUT2D eigenvalue weighted by atomic mass is 10.1. The predicted molar refractivity (Wildman–Crippen MR) is 91.5 cm³/mol. The van der Waals surface area contributed by atoms with Gasteiger partial charge in [0.15, 0.2) is 12.1 Å². The SMILES string of the molecule is CC1(C)O[C@H]2O[C@H](/C=C/CCN=[N+]=[N-])[C@H](OCc3ccccc3)[C@H]2O1. The minimum atomic E-state index is -0.681. The van der Waals surface area contributed by atoms with Crippen LogP contribution in [0.5, 0.6) is 0 Å². The summed E-state index contributed by atoms with van der Waals surface area (Å²) < 4.78 is 23.9. The van der Waals surface area contributed by atoms with Gasteiger partial charge in [0.1, 0.15) is 18.3 Å². The van der Waals surface area contributed by atoms with Crippen LogP contribution in [0.25, 0.3) is 10.4 Å². The summed E-state index contributed by atoms with van der Waals surface area (Å²) in [6.07, 6.45) is 3.28. The molecule has 2 aliphatic rings. The van der Waals surface area contributed by atoms with Gasteiger partial charge in [-0.05, 0) is 31.4 Å². The number of hydrogen-bond donors (Lipinski definition) is 0. The van der Waals surface area contributed by atoms with Gasteiger partial charge in [-0.2, -0.15) is 0 Å². The average molecular weight is 345 g/mol. The molecule has 2 saturated heterocycles. The van der Waals surface area contributed by atoms with Crippen LogP contribution in [-0.2, 0) is 25.6 Å². The number of hydrogen-bond acceptors (Lipinski definition) is 5. The molecule has 25 heavy (non-hydrogen) atoms. The van der Waals surface area contributed by atoms with Crippen molar-refractivity contribution in [2.75, 3.05) is 6.54 Å². The molecule has 1 aromatic carbocycles. The van der Waals surface area contributed by atoms with Gasteiger partial charge in [0, 0.05) is 11.5 Å². The quantitative estimate of drug-likeness (QED) is 0.248. The fraction of sp³-hybridized carbons (Fsp3) is 0.556. The van der Waals surface area contributed by atoms with Crippen LogP contribution in [0.15, 0.2) is 47.6 Å². The van der Waals surface area contributed by atoms with E-state index < -0.39 is 12.1 Å². The summed E-state index contributed by atoms with van der Waals surface area (Å²) >= 11 is 0. The van der Waals surface area contributed by atoms with Crippen LogP contribution in [-0.4, -0.2) is 36.9 Å². The number of benzene rings is 1. The van der Waals surface area contributed by atoms with Crippen LogP contribution in [0, 0.1) is 0 Å². The molecule has 0 unspecified atom stereocenters. The minimum absolute atomic E-state index is 0.261. The van der Waals surface area contributed by atoms with Crippen molar-refractivity contribution < 1.29 is 18.9 Å². The van der Waals surface area contributed by atoms with Gasteiger partial charge in [0.25, 0.3) is 0 Å². The zero-order valence-corrected chi connectivity index (χ0v) is 14.4. The Bertz CT molecular complexity index is 643. The third-order valence-corrected chi connectivity index (χ3v) is 4.10. The molecule has 2 aliphatic heterocycles. The highest BCUT2D eigenvalue weighted by Crippen LogP contribution is 2.39. The van der Waals surface area contributed by atoms with E-state index in [1.54, 1.807) is 0 Å². The summed E-state index contributed by atoms with van der Waals surface area (Å²) in [5, 5.41) is 3.52. The minimum Gasteiger partial charge on any atom is -0.368 e. The molecule has 3 rings (SSSR count). The van der Waals surface area contributed by atoms with Crippen LogP contribution in [0.1, 0.15) is 25.8 Å². The van der Waals surface area contributed by atoms with E-state index in [0.29, 0.717) is 19.6 Å². The molecule has 0 N–H and O–H groups in total. The monoisotopic (exact) mass is 345 g/mol. The van der Waals surface area contributed by atoms with Crippen molar-refractivity contribution in [3.05, 3.63) is 58.5 Å². The van der Waals surface area contributed by atoms with Crippen molar-refractivity contribution >= 4 is 0 Å². The Labute approximate surface area is 147 Å². The van der Waals surface area contributed by atoms with E-state index in [-0.39, 0.29) is 18.3 Å². The topological polar surface area (TPSA) is 85.7 Å². The predicted octanol–water partition coefficient (Wildman–Crippen LogP) is 3.70. The molecule has 0 amide bonds. The van der Waals surface area contributed by atoms with Crippen LogP contribution in [0.4, 0.5) is 0 Å². The Kier molecular flexibility index (Phi) is 5.73. The summed E-state index contributed by atoms with van der Waals surface area (Å²) in [5.74, 6) is -0.681. The van der Waals surface area contributed by atoms with Gasteiger partial charge in [-0.25, -0.2) is 0 Å². The number of ether oxygens (including phenoxy) is 4. The first kappa shape index (κ1) is 17.9. The molecule has 7 heteroatoms. The maximum Gasteiger partial charge on any atom is 0.190 e. The Morgan fingerprint density at radius 2 is 2.08 bits per heavy atom. The summed E-state index contributed by atoms with van der Waals surface area (Å²) in [4.78, 5) is 2.74. The van der Waals surface area contributed by atoms with Crippen LogP contribution >= 0.6 is 0 Å². The van der Waals surface area contributed by atoms with Gasteiger partial charge in [0.2, 0.25) is 0 Å². The number of rotatable bonds is 7. The lowest BCUT2D eigenvalue weighted by molar-refractivity contribution is -0.213. The molecular formula is C18H23N3O4. The van der Waals surface area contributed by atoms with Gasteiger partial charge in [-0.1, -0.05) is 47.6 Å². The summed E-state index contributed by atoms with van der Waals surface area (Å²) in [7, 11) is 0. The second-order valence-corrected chi connectivity index (χ2v) is 6.50. The zero-order chi connectivity index (χ0) is 17.7. The molecule has 0 radical (unpaired) electrons.